The summed E-state index contributed by atoms with van der Waals surface area (Å²) in [6.45, 7) is 0. The van der Waals surface area contributed by atoms with Crippen LogP contribution < -0.4 is 11.0 Å². The fourth-order valence-electron chi connectivity index (χ4n) is 5.47. The highest BCUT2D eigenvalue weighted by molar-refractivity contribution is 6.30. The van der Waals surface area contributed by atoms with Crippen LogP contribution in [0, 0.1) is 5.92 Å². The molecule has 0 bridgehead atoms. The summed E-state index contributed by atoms with van der Waals surface area (Å²) in [5.74, 6) is 0.498. The van der Waals surface area contributed by atoms with Crippen LogP contribution in [0.5, 0.6) is 5.88 Å². The quantitative estimate of drug-likeness (QED) is 0.624. The average Bonchev–Trinajstić information content (AvgIpc) is 3.03. The van der Waals surface area contributed by atoms with Gasteiger partial charge >= 0.3 is 5.69 Å². The Labute approximate surface area is 193 Å². The van der Waals surface area contributed by atoms with E-state index in [-0.39, 0.29) is 23.4 Å². The Balaban J connectivity index is 1.68. The molecular formula is C24H33ClN4O3. The van der Waals surface area contributed by atoms with Crippen LogP contribution in [0.25, 0.3) is 0 Å². The first-order valence-corrected chi connectivity index (χ1v) is 12.3. The lowest BCUT2D eigenvalue weighted by Crippen LogP contribution is -2.35. The average molecular weight is 461 g/mol. The van der Waals surface area contributed by atoms with Crippen LogP contribution in [0.1, 0.15) is 88.3 Å². The normalized spacial score (nSPS) is 19.1. The monoisotopic (exact) mass is 460 g/mol. The number of aromatic nitrogens is 3. The maximum atomic E-state index is 13.4. The Hall–Kier alpha value is -2.28. The van der Waals surface area contributed by atoms with Gasteiger partial charge in [0.25, 0.3) is 0 Å². The van der Waals surface area contributed by atoms with E-state index in [1.165, 1.54) is 23.6 Å². The number of pyridine rings is 1. The summed E-state index contributed by atoms with van der Waals surface area (Å²) in [6.07, 6.45) is 12.9. The van der Waals surface area contributed by atoms with E-state index in [1.54, 1.807) is 23.7 Å². The fourth-order valence-corrected chi connectivity index (χ4v) is 5.58. The van der Waals surface area contributed by atoms with E-state index in [2.05, 4.69) is 10.3 Å². The van der Waals surface area contributed by atoms with E-state index < -0.39 is 6.04 Å². The van der Waals surface area contributed by atoms with Crippen molar-refractivity contribution >= 4 is 23.3 Å². The number of anilines is 1. The zero-order chi connectivity index (χ0) is 22.7. The molecule has 2 N–H and O–H groups in total. The molecule has 0 unspecified atom stereocenters. The standard InChI is InChI=1S/C24H33ClN4O3/c1-28-21(17-10-6-3-7-11-17)23(31)29(24(28)32)19(14-16-8-4-2-5-9-16)22(30)27-20-13-12-18(25)15-26-20/h12-13,15-17,19,31H,2-11,14H2,1H3,(H,26,27,30)/t19-/m0/s1. The predicted octanol–water partition coefficient (Wildman–Crippen LogP) is 5.14. The molecule has 2 fully saturated rings. The molecule has 8 heteroatoms. The summed E-state index contributed by atoms with van der Waals surface area (Å²) in [4.78, 5) is 30.9. The van der Waals surface area contributed by atoms with Gasteiger partial charge in [-0.1, -0.05) is 63.0 Å². The summed E-state index contributed by atoms with van der Waals surface area (Å²) in [7, 11) is 1.71. The molecule has 0 aromatic carbocycles. The van der Waals surface area contributed by atoms with E-state index in [4.69, 9.17) is 11.6 Å². The molecule has 4 rings (SSSR count). The van der Waals surface area contributed by atoms with Crippen LogP contribution in [-0.2, 0) is 11.8 Å². The van der Waals surface area contributed by atoms with Gasteiger partial charge in [0.1, 0.15) is 11.9 Å². The van der Waals surface area contributed by atoms with E-state index in [0.29, 0.717) is 28.9 Å². The number of imidazole rings is 1. The zero-order valence-corrected chi connectivity index (χ0v) is 19.5. The summed E-state index contributed by atoms with van der Waals surface area (Å²) >= 11 is 5.91. The highest BCUT2D eigenvalue weighted by Crippen LogP contribution is 2.39. The highest BCUT2D eigenvalue weighted by atomic mass is 35.5. The number of hydrogen-bond donors (Lipinski definition) is 2. The lowest BCUT2D eigenvalue weighted by Gasteiger charge is -2.27. The highest BCUT2D eigenvalue weighted by Gasteiger charge is 2.34. The molecule has 0 saturated heterocycles. The number of hydrogen-bond acceptors (Lipinski definition) is 4. The van der Waals surface area contributed by atoms with E-state index in [0.717, 1.165) is 51.4 Å². The van der Waals surface area contributed by atoms with Gasteiger partial charge in [-0.15, -0.1) is 0 Å². The molecule has 2 aliphatic rings. The summed E-state index contributed by atoms with van der Waals surface area (Å²) in [6, 6.07) is 2.51. The third kappa shape index (κ3) is 4.87. The van der Waals surface area contributed by atoms with Gasteiger partial charge in [0.05, 0.1) is 10.7 Å². The number of amides is 1. The van der Waals surface area contributed by atoms with Crippen LogP contribution in [-0.4, -0.2) is 25.1 Å². The van der Waals surface area contributed by atoms with Crippen molar-refractivity contribution in [3.8, 4) is 5.88 Å². The Bertz CT molecular complexity index is 986. The SMILES string of the molecule is Cn1c(C2CCCCC2)c(O)n([C@@H](CC2CCCCC2)C(=O)Nc2ccc(Cl)cn2)c1=O. The second kappa shape index (κ2) is 10.1. The Kier molecular flexibility index (Phi) is 7.23. The molecule has 2 aliphatic carbocycles. The van der Waals surface area contributed by atoms with Gasteiger partial charge in [-0.25, -0.2) is 9.78 Å². The molecule has 2 heterocycles. The van der Waals surface area contributed by atoms with Crippen molar-refractivity contribution in [2.24, 2.45) is 13.0 Å². The topological polar surface area (TPSA) is 89.2 Å². The third-order valence-electron chi connectivity index (χ3n) is 7.18. The smallest absolute Gasteiger partial charge is 0.331 e. The fraction of sp³-hybridized carbons (Fsp3) is 0.625. The first-order chi connectivity index (χ1) is 15.5. The van der Waals surface area contributed by atoms with Gasteiger partial charge < -0.3 is 10.4 Å². The number of rotatable bonds is 6. The minimum Gasteiger partial charge on any atom is -0.493 e. The molecule has 1 atom stereocenters. The van der Waals surface area contributed by atoms with E-state index in [1.807, 2.05) is 0 Å². The van der Waals surface area contributed by atoms with Crippen LogP contribution in [0.15, 0.2) is 23.1 Å². The van der Waals surface area contributed by atoms with Crippen molar-refractivity contribution in [3.63, 3.8) is 0 Å². The van der Waals surface area contributed by atoms with Crippen molar-refractivity contribution in [1.29, 1.82) is 0 Å². The molecule has 2 aromatic heterocycles. The second-order valence-electron chi connectivity index (χ2n) is 9.36. The number of carbonyl (C=O) groups is 1. The number of halogens is 1. The van der Waals surface area contributed by atoms with Crippen molar-refractivity contribution in [2.45, 2.75) is 82.6 Å². The molecule has 0 radical (unpaired) electrons. The summed E-state index contributed by atoms with van der Waals surface area (Å²) in [5, 5.41) is 14.5. The van der Waals surface area contributed by atoms with Crippen LogP contribution >= 0.6 is 11.6 Å². The van der Waals surface area contributed by atoms with Gasteiger partial charge in [-0.3, -0.25) is 13.9 Å². The molecule has 7 nitrogen and oxygen atoms in total. The number of aromatic hydroxyl groups is 1. The minimum absolute atomic E-state index is 0.0515. The maximum absolute atomic E-state index is 13.4. The third-order valence-corrected chi connectivity index (χ3v) is 7.40. The van der Waals surface area contributed by atoms with Crippen molar-refractivity contribution in [2.75, 3.05) is 5.32 Å². The van der Waals surface area contributed by atoms with E-state index >= 15 is 0 Å². The Morgan fingerprint density at radius 1 is 1.16 bits per heavy atom. The Morgan fingerprint density at radius 3 is 2.44 bits per heavy atom. The molecule has 0 spiro atoms. The first-order valence-electron chi connectivity index (χ1n) is 11.9. The van der Waals surface area contributed by atoms with Crippen LogP contribution in [0.3, 0.4) is 0 Å². The molecule has 0 aliphatic heterocycles. The maximum Gasteiger partial charge on any atom is 0.331 e. The second-order valence-corrected chi connectivity index (χ2v) is 9.80. The lowest BCUT2D eigenvalue weighted by atomic mass is 9.84. The van der Waals surface area contributed by atoms with Crippen molar-refractivity contribution < 1.29 is 9.90 Å². The van der Waals surface area contributed by atoms with Gasteiger partial charge in [-0.05, 0) is 37.3 Å². The molecule has 32 heavy (non-hydrogen) atoms. The van der Waals surface area contributed by atoms with Crippen LogP contribution in [0.4, 0.5) is 5.82 Å². The van der Waals surface area contributed by atoms with Gasteiger partial charge in [0.15, 0.2) is 0 Å². The van der Waals surface area contributed by atoms with Gasteiger partial charge in [0, 0.05) is 19.2 Å². The molecule has 1 amide bonds. The lowest BCUT2D eigenvalue weighted by molar-refractivity contribution is -0.120. The molecular weight excluding hydrogens is 428 g/mol. The minimum atomic E-state index is -0.786. The van der Waals surface area contributed by atoms with Gasteiger partial charge in [-0.2, -0.15) is 0 Å². The first kappa shape index (κ1) is 22.9. The Morgan fingerprint density at radius 2 is 1.81 bits per heavy atom. The van der Waals surface area contributed by atoms with E-state index in [9.17, 15) is 14.7 Å². The predicted molar refractivity (Wildman–Crippen MR) is 125 cm³/mol. The number of nitrogens with zero attached hydrogens (tertiary/aromatic N) is 3. The molecule has 2 aromatic rings. The van der Waals surface area contributed by atoms with Crippen LogP contribution in [0.2, 0.25) is 5.02 Å². The summed E-state index contributed by atoms with van der Waals surface area (Å²) in [5.41, 5.74) is 0.337. The molecule has 2 saturated carbocycles. The van der Waals surface area contributed by atoms with Crippen molar-refractivity contribution in [3.05, 3.63) is 39.5 Å². The summed E-state index contributed by atoms with van der Waals surface area (Å²) < 4.78 is 2.87. The van der Waals surface area contributed by atoms with Gasteiger partial charge in [0.2, 0.25) is 11.8 Å². The largest absolute Gasteiger partial charge is 0.493 e. The van der Waals surface area contributed by atoms with Crippen molar-refractivity contribution in [1.82, 2.24) is 14.1 Å². The molecule has 174 valence electrons. The zero-order valence-electron chi connectivity index (χ0n) is 18.7. The number of carbonyl (C=O) groups excluding carboxylic acids is 1. The number of nitrogens with one attached hydrogen (secondary N) is 1.